The Hall–Kier alpha value is -2.91. The summed E-state index contributed by atoms with van der Waals surface area (Å²) in [5.41, 5.74) is 2.56. The minimum Gasteiger partial charge on any atom is -0.350 e. The summed E-state index contributed by atoms with van der Waals surface area (Å²) in [6.07, 6.45) is 0.554. The molecule has 0 radical (unpaired) electrons. The number of halogens is 2. The Kier molecular flexibility index (Phi) is 10.7. The monoisotopic (exact) mass is 575 g/mol. The number of nitrogens with one attached hydrogen (secondary N) is 2. The number of benzene rings is 3. The average molecular weight is 577 g/mol. The molecular weight excluding hydrogens is 545 g/mol. The highest BCUT2D eigenvalue weighted by Gasteiger charge is 2.26. The summed E-state index contributed by atoms with van der Waals surface area (Å²) < 4.78 is 26.8. The molecule has 10 heteroatoms. The molecule has 2 N–H and O–H groups in total. The van der Waals surface area contributed by atoms with E-state index >= 15 is 0 Å². The lowest BCUT2D eigenvalue weighted by Crippen LogP contribution is -2.47. The molecule has 7 nitrogen and oxygen atoms in total. The van der Waals surface area contributed by atoms with Gasteiger partial charge in [-0.15, -0.1) is 0 Å². The molecule has 0 heterocycles. The van der Waals surface area contributed by atoms with Gasteiger partial charge in [-0.1, -0.05) is 66.5 Å². The van der Waals surface area contributed by atoms with Gasteiger partial charge in [-0.05, 0) is 66.4 Å². The lowest BCUT2D eigenvalue weighted by molar-refractivity contribution is -0.140. The third-order valence-corrected chi connectivity index (χ3v) is 8.07. The molecule has 0 unspecified atom stereocenters. The van der Waals surface area contributed by atoms with Crippen LogP contribution in [0.25, 0.3) is 0 Å². The lowest BCUT2D eigenvalue weighted by Gasteiger charge is -2.29. The van der Waals surface area contributed by atoms with Crippen LogP contribution in [0.3, 0.4) is 0 Å². The number of hydrogen-bond acceptors (Lipinski definition) is 4. The van der Waals surface area contributed by atoms with E-state index in [1.165, 1.54) is 12.1 Å². The van der Waals surface area contributed by atoms with Crippen LogP contribution in [-0.4, -0.2) is 37.7 Å². The fourth-order valence-corrected chi connectivity index (χ4v) is 5.10. The number of amides is 2. The molecule has 0 aliphatic heterocycles. The molecular formula is C28H31Cl2N3O4S. The molecule has 0 saturated carbocycles. The first-order chi connectivity index (χ1) is 18.1. The number of hydrogen-bond donors (Lipinski definition) is 2. The van der Waals surface area contributed by atoms with E-state index in [1.54, 1.807) is 55.1 Å². The van der Waals surface area contributed by atoms with Crippen LogP contribution in [-0.2, 0) is 39.1 Å². The molecule has 38 heavy (non-hydrogen) atoms. The molecule has 0 saturated heterocycles. The van der Waals surface area contributed by atoms with Crippen LogP contribution >= 0.6 is 23.2 Å². The van der Waals surface area contributed by atoms with Gasteiger partial charge in [-0.3, -0.25) is 9.59 Å². The van der Waals surface area contributed by atoms with E-state index in [0.29, 0.717) is 29.6 Å². The molecule has 3 rings (SSSR count). The van der Waals surface area contributed by atoms with Crippen molar-refractivity contribution in [3.05, 3.63) is 99.5 Å². The van der Waals surface area contributed by atoms with Crippen molar-refractivity contribution in [3.8, 4) is 0 Å². The van der Waals surface area contributed by atoms with Gasteiger partial charge in [0.25, 0.3) is 0 Å². The van der Waals surface area contributed by atoms with Gasteiger partial charge in [-0.2, -0.15) is 0 Å². The van der Waals surface area contributed by atoms with Crippen LogP contribution in [0.2, 0.25) is 10.0 Å². The summed E-state index contributed by atoms with van der Waals surface area (Å²) >= 11 is 11.9. The Morgan fingerprint density at radius 3 is 1.92 bits per heavy atom. The molecule has 0 bridgehead atoms. The van der Waals surface area contributed by atoms with E-state index < -0.39 is 16.1 Å². The first kappa shape index (κ1) is 29.6. The SMILES string of the molecule is CCNS(=O)(=O)c1ccc(CCC(=O)N(Cc2ccc(Cl)cc2)[C@@H](C)C(=O)NCc2ccc(Cl)cc2)cc1. The summed E-state index contributed by atoms with van der Waals surface area (Å²) in [6.45, 7) is 4.27. The summed E-state index contributed by atoms with van der Waals surface area (Å²) in [6, 6.07) is 20.0. The third-order valence-electron chi connectivity index (χ3n) is 6.01. The smallest absolute Gasteiger partial charge is 0.242 e. The quantitative estimate of drug-likeness (QED) is 0.319. The van der Waals surface area contributed by atoms with Crippen LogP contribution in [0.5, 0.6) is 0 Å². The second kappa shape index (κ2) is 13.8. The molecule has 1 atom stereocenters. The van der Waals surface area contributed by atoms with Crippen molar-refractivity contribution in [2.75, 3.05) is 6.54 Å². The van der Waals surface area contributed by atoms with Gasteiger partial charge in [0.2, 0.25) is 21.8 Å². The van der Waals surface area contributed by atoms with E-state index in [-0.39, 0.29) is 29.7 Å². The average Bonchev–Trinajstić information content (AvgIpc) is 2.90. The maximum Gasteiger partial charge on any atom is 0.242 e. The van der Waals surface area contributed by atoms with E-state index in [0.717, 1.165) is 16.7 Å². The van der Waals surface area contributed by atoms with Crippen molar-refractivity contribution in [2.45, 2.75) is 50.7 Å². The van der Waals surface area contributed by atoms with Gasteiger partial charge in [0.1, 0.15) is 6.04 Å². The second-order valence-electron chi connectivity index (χ2n) is 8.81. The first-order valence-electron chi connectivity index (χ1n) is 12.2. The van der Waals surface area contributed by atoms with E-state index in [4.69, 9.17) is 23.2 Å². The zero-order chi connectivity index (χ0) is 27.7. The van der Waals surface area contributed by atoms with Gasteiger partial charge in [0, 0.05) is 36.1 Å². The summed E-state index contributed by atoms with van der Waals surface area (Å²) in [5, 5.41) is 4.09. The van der Waals surface area contributed by atoms with Crippen molar-refractivity contribution in [1.82, 2.24) is 14.9 Å². The number of carbonyl (C=O) groups excluding carboxylic acids is 2. The molecule has 3 aromatic rings. The Labute approximate surface area is 234 Å². The zero-order valence-corrected chi connectivity index (χ0v) is 23.6. The van der Waals surface area contributed by atoms with Gasteiger partial charge in [0.05, 0.1) is 4.90 Å². The van der Waals surface area contributed by atoms with E-state index in [9.17, 15) is 18.0 Å². The van der Waals surface area contributed by atoms with Crippen LogP contribution < -0.4 is 10.0 Å². The topological polar surface area (TPSA) is 95.6 Å². The second-order valence-corrected chi connectivity index (χ2v) is 11.5. The number of nitrogens with zero attached hydrogens (tertiary/aromatic N) is 1. The molecule has 0 spiro atoms. The van der Waals surface area contributed by atoms with Crippen LogP contribution in [0.15, 0.2) is 77.7 Å². The van der Waals surface area contributed by atoms with Gasteiger partial charge in [0.15, 0.2) is 0 Å². The van der Waals surface area contributed by atoms with Gasteiger partial charge >= 0.3 is 0 Å². The summed E-state index contributed by atoms with van der Waals surface area (Å²) in [5.74, 6) is -0.473. The van der Waals surface area contributed by atoms with Crippen molar-refractivity contribution < 1.29 is 18.0 Å². The van der Waals surface area contributed by atoms with Gasteiger partial charge < -0.3 is 10.2 Å². The zero-order valence-electron chi connectivity index (χ0n) is 21.3. The van der Waals surface area contributed by atoms with Crippen molar-refractivity contribution in [1.29, 1.82) is 0 Å². The third kappa shape index (κ3) is 8.56. The number of rotatable bonds is 12. The van der Waals surface area contributed by atoms with E-state index in [2.05, 4.69) is 10.0 Å². The summed E-state index contributed by atoms with van der Waals surface area (Å²) in [7, 11) is -3.54. The molecule has 0 aliphatic carbocycles. The molecule has 2 amide bonds. The minimum atomic E-state index is -3.54. The molecule has 202 valence electrons. The van der Waals surface area contributed by atoms with Crippen molar-refractivity contribution in [2.24, 2.45) is 0 Å². The maximum absolute atomic E-state index is 13.4. The maximum atomic E-state index is 13.4. The minimum absolute atomic E-state index is 0.154. The lowest BCUT2D eigenvalue weighted by atomic mass is 10.1. The Balaban J connectivity index is 1.69. The predicted octanol–water partition coefficient (Wildman–Crippen LogP) is 4.96. The standard InChI is InChI=1S/C28H31Cl2N3O4S/c1-3-32-38(36,37)26-15-8-21(9-16-26)10-17-27(34)33(19-23-6-13-25(30)14-7-23)20(2)28(35)31-18-22-4-11-24(29)12-5-22/h4-9,11-16,20,32H,3,10,17-19H2,1-2H3,(H,31,35)/t20-/m0/s1. The fourth-order valence-electron chi connectivity index (χ4n) is 3.81. The number of sulfonamides is 1. The highest BCUT2D eigenvalue weighted by atomic mass is 35.5. The molecule has 3 aromatic carbocycles. The normalized spacial score (nSPS) is 12.1. The highest BCUT2D eigenvalue weighted by Crippen LogP contribution is 2.17. The van der Waals surface area contributed by atoms with Crippen LogP contribution in [0.4, 0.5) is 0 Å². The number of carbonyl (C=O) groups is 2. The first-order valence-corrected chi connectivity index (χ1v) is 14.5. The van der Waals surface area contributed by atoms with Gasteiger partial charge in [-0.25, -0.2) is 13.1 Å². The fraction of sp³-hybridized carbons (Fsp3) is 0.286. The molecule has 0 fully saturated rings. The molecule has 0 aliphatic rings. The summed E-state index contributed by atoms with van der Waals surface area (Å²) in [4.78, 5) is 28.1. The predicted molar refractivity (Wildman–Crippen MR) is 150 cm³/mol. The van der Waals surface area contributed by atoms with E-state index in [1.807, 2.05) is 24.3 Å². The van der Waals surface area contributed by atoms with Crippen molar-refractivity contribution in [3.63, 3.8) is 0 Å². The Bertz CT molecular complexity index is 1330. The van der Waals surface area contributed by atoms with Crippen LogP contribution in [0, 0.1) is 0 Å². The largest absolute Gasteiger partial charge is 0.350 e. The molecule has 0 aromatic heterocycles. The van der Waals surface area contributed by atoms with Crippen LogP contribution in [0.1, 0.15) is 37.0 Å². The Morgan fingerprint density at radius 1 is 0.842 bits per heavy atom. The van der Waals surface area contributed by atoms with Crippen molar-refractivity contribution >= 4 is 45.0 Å². The Morgan fingerprint density at radius 2 is 1.37 bits per heavy atom. The highest BCUT2D eigenvalue weighted by molar-refractivity contribution is 7.89. The number of aryl methyl sites for hydroxylation is 1.